The fraction of sp³-hybridized carbons (Fsp3) is 0.600. The maximum Gasteiger partial charge on any atom is 0.339 e. The summed E-state index contributed by atoms with van der Waals surface area (Å²) in [5, 5.41) is 9.46. The maximum atomic E-state index is 11.3. The molecular formula is C10H16O5. The van der Waals surface area contributed by atoms with Crippen molar-refractivity contribution in [3.63, 3.8) is 0 Å². The Labute approximate surface area is 88.7 Å². The number of ether oxygens (including phenoxy) is 2. The Morgan fingerprint density at radius 3 is 2.20 bits per heavy atom. The topological polar surface area (TPSA) is 72.8 Å². The smallest absolute Gasteiger partial charge is 0.339 e. The van der Waals surface area contributed by atoms with Gasteiger partial charge < -0.3 is 14.6 Å². The highest BCUT2D eigenvalue weighted by molar-refractivity contribution is 5.96. The molecule has 0 fully saturated rings. The van der Waals surface area contributed by atoms with Crippen LogP contribution in [0.15, 0.2) is 11.6 Å². The van der Waals surface area contributed by atoms with Gasteiger partial charge in [0.05, 0.1) is 18.8 Å². The molecule has 15 heavy (non-hydrogen) atoms. The summed E-state index contributed by atoms with van der Waals surface area (Å²) in [5.74, 6) is -1.56. The minimum Gasteiger partial charge on any atom is -0.464 e. The molecule has 0 aromatic carbocycles. The average Bonchev–Trinajstić information content (AvgIpc) is 2.19. The predicted octanol–water partition coefficient (Wildman–Crippen LogP) is 0.420. The standard InChI is InChI=1S/C10H16O5/c1-4-7(9(12)14-5-2)8(11)10(13)15-6-3/h4,8,11H,5-6H2,1-3H3/b7-4-. The van der Waals surface area contributed by atoms with Crippen LogP contribution in [0, 0.1) is 0 Å². The highest BCUT2D eigenvalue weighted by Crippen LogP contribution is 2.07. The zero-order chi connectivity index (χ0) is 11.8. The Bertz CT molecular complexity index is 257. The van der Waals surface area contributed by atoms with Crippen LogP contribution >= 0.6 is 0 Å². The number of carbonyl (C=O) groups is 2. The third-order valence-corrected chi connectivity index (χ3v) is 1.63. The van der Waals surface area contributed by atoms with Gasteiger partial charge in [-0.3, -0.25) is 0 Å². The van der Waals surface area contributed by atoms with Crippen LogP contribution in [0.3, 0.4) is 0 Å². The van der Waals surface area contributed by atoms with Gasteiger partial charge in [0.25, 0.3) is 0 Å². The highest BCUT2D eigenvalue weighted by Gasteiger charge is 2.26. The second-order valence-electron chi connectivity index (χ2n) is 2.62. The van der Waals surface area contributed by atoms with E-state index >= 15 is 0 Å². The van der Waals surface area contributed by atoms with Crippen LogP contribution < -0.4 is 0 Å². The van der Waals surface area contributed by atoms with Crippen molar-refractivity contribution in [2.45, 2.75) is 26.9 Å². The number of carbonyl (C=O) groups excluding carboxylic acids is 2. The molecule has 0 saturated heterocycles. The molecule has 5 nitrogen and oxygen atoms in total. The summed E-state index contributed by atoms with van der Waals surface area (Å²) >= 11 is 0. The lowest BCUT2D eigenvalue weighted by Crippen LogP contribution is -2.29. The Morgan fingerprint density at radius 2 is 1.80 bits per heavy atom. The van der Waals surface area contributed by atoms with Crippen molar-refractivity contribution in [2.24, 2.45) is 0 Å². The van der Waals surface area contributed by atoms with E-state index in [2.05, 4.69) is 9.47 Å². The van der Waals surface area contributed by atoms with Crippen molar-refractivity contribution in [3.05, 3.63) is 11.6 Å². The molecule has 0 heterocycles. The van der Waals surface area contributed by atoms with Crippen molar-refractivity contribution in [1.82, 2.24) is 0 Å². The number of esters is 2. The third-order valence-electron chi connectivity index (χ3n) is 1.63. The van der Waals surface area contributed by atoms with Gasteiger partial charge in [0.1, 0.15) is 0 Å². The third kappa shape index (κ3) is 4.12. The van der Waals surface area contributed by atoms with Crippen molar-refractivity contribution >= 4 is 11.9 Å². The Kier molecular flexibility index (Phi) is 6.37. The number of allylic oxidation sites excluding steroid dienone is 1. The first-order chi connectivity index (χ1) is 7.08. The molecule has 0 aromatic heterocycles. The van der Waals surface area contributed by atoms with Gasteiger partial charge in [0.2, 0.25) is 0 Å². The number of rotatable bonds is 5. The molecule has 0 radical (unpaired) electrons. The fourth-order valence-electron chi connectivity index (χ4n) is 0.950. The zero-order valence-electron chi connectivity index (χ0n) is 9.15. The minimum atomic E-state index is -1.58. The van der Waals surface area contributed by atoms with Crippen LogP contribution in [0.2, 0.25) is 0 Å². The van der Waals surface area contributed by atoms with Gasteiger partial charge in [-0.1, -0.05) is 6.08 Å². The van der Waals surface area contributed by atoms with Gasteiger partial charge in [-0.2, -0.15) is 0 Å². The Balaban J connectivity index is 4.55. The van der Waals surface area contributed by atoms with Crippen LogP contribution in [0.25, 0.3) is 0 Å². The predicted molar refractivity (Wildman–Crippen MR) is 53.0 cm³/mol. The zero-order valence-corrected chi connectivity index (χ0v) is 9.15. The first-order valence-corrected chi connectivity index (χ1v) is 4.76. The summed E-state index contributed by atoms with van der Waals surface area (Å²) < 4.78 is 9.25. The average molecular weight is 216 g/mol. The molecule has 0 amide bonds. The fourth-order valence-corrected chi connectivity index (χ4v) is 0.950. The van der Waals surface area contributed by atoms with Crippen LogP contribution in [0.5, 0.6) is 0 Å². The van der Waals surface area contributed by atoms with Gasteiger partial charge in [0.15, 0.2) is 6.10 Å². The molecule has 0 bridgehead atoms. The van der Waals surface area contributed by atoms with Crippen molar-refractivity contribution < 1.29 is 24.2 Å². The van der Waals surface area contributed by atoms with Crippen LogP contribution in [-0.2, 0) is 19.1 Å². The molecule has 86 valence electrons. The monoisotopic (exact) mass is 216 g/mol. The lowest BCUT2D eigenvalue weighted by atomic mass is 10.1. The molecular weight excluding hydrogens is 200 g/mol. The number of hydrogen-bond donors (Lipinski definition) is 1. The summed E-state index contributed by atoms with van der Waals surface area (Å²) in [5.41, 5.74) is -0.102. The lowest BCUT2D eigenvalue weighted by molar-refractivity contribution is -0.154. The molecule has 5 heteroatoms. The van der Waals surface area contributed by atoms with E-state index < -0.39 is 18.0 Å². The van der Waals surface area contributed by atoms with Crippen molar-refractivity contribution in [1.29, 1.82) is 0 Å². The lowest BCUT2D eigenvalue weighted by Gasteiger charge is -2.12. The number of aliphatic hydroxyl groups excluding tert-OH is 1. The van der Waals surface area contributed by atoms with E-state index in [4.69, 9.17) is 0 Å². The van der Waals surface area contributed by atoms with Gasteiger partial charge in [-0.25, -0.2) is 9.59 Å². The molecule has 0 aliphatic heterocycles. The molecule has 1 unspecified atom stereocenters. The van der Waals surface area contributed by atoms with Crippen LogP contribution in [-0.4, -0.2) is 36.4 Å². The molecule has 1 N–H and O–H groups in total. The normalized spacial score (nSPS) is 13.2. The maximum absolute atomic E-state index is 11.3. The molecule has 0 saturated carbocycles. The van der Waals surface area contributed by atoms with Crippen LogP contribution in [0.4, 0.5) is 0 Å². The quantitative estimate of drug-likeness (QED) is 0.532. The van der Waals surface area contributed by atoms with Gasteiger partial charge in [-0.05, 0) is 20.8 Å². The van der Waals surface area contributed by atoms with E-state index in [1.54, 1.807) is 13.8 Å². The number of aliphatic hydroxyl groups is 1. The SMILES string of the molecule is C/C=C(\C(=O)OCC)C(O)C(=O)OCC. The molecule has 0 aliphatic carbocycles. The van der Waals surface area contributed by atoms with E-state index in [1.807, 2.05) is 0 Å². The summed E-state index contributed by atoms with van der Waals surface area (Å²) in [7, 11) is 0. The summed E-state index contributed by atoms with van der Waals surface area (Å²) in [4.78, 5) is 22.4. The number of hydrogen-bond acceptors (Lipinski definition) is 5. The molecule has 0 spiro atoms. The Morgan fingerprint density at radius 1 is 1.27 bits per heavy atom. The van der Waals surface area contributed by atoms with E-state index in [9.17, 15) is 14.7 Å². The second kappa shape index (κ2) is 7.00. The minimum absolute atomic E-state index is 0.102. The summed E-state index contributed by atoms with van der Waals surface area (Å²) in [6.07, 6.45) is -0.242. The van der Waals surface area contributed by atoms with Gasteiger partial charge in [0, 0.05) is 0 Å². The first-order valence-electron chi connectivity index (χ1n) is 4.76. The van der Waals surface area contributed by atoms with Crippen molar-refractivity contribution in [3.8, 4) is 0 Å². The van der Waals surface area contributed by atoms with E-state index in [1.165, 1.54) is 13.0 Å². The summed E-state index contributed by atoms with van der Waals surface area (Å²) in [6, 6.07) is 0. The van der Waals surface area contributed by atoms with E-state index in [0.717, 1.165) is 0 Å². The first kappa shape index (κ1) is 13.6. The molecule has 0 aliphatic rings. The van der Waals surface area contributed by atoms with Gasteiger partial charge in [-0.15, -0.1) is 0 Å². The highest BCUT2D eigenvalue weighted by atomic mass is 16.6. The molecule has 0 aromatic rings. The second-order valence-corrected chi connectivity index (χ2v) is 2.62. The summed E-state index contributed by atoms with van der Waals surface area (Å²) in [6.45, 7) is 5.13. The Hall–Kier alpha value is -1.36. The van der Waals surface area contributed by atoms with Gasteiger partial charge >= 0.3 is 11.9 Å². The molecule has 0 rings (SSSR count). The molecule has 1 atom stereocenters. The van der Waals surface area contributed by atoms with E-state index in [0.29, 0.717) is 0 Å². The van der Waals surface area contributed by atoms with E-state index in [-0.39, 0.29) is 18.8 Å². The van der Waals surface area contributed by atoms with Crippen LogP contribution in [0.1, 0.15) is 20.8 Å². The van der Waals surface area contributed by atoms with Crippen molar-refractivity contribution in [2.75, 3.05) is 13.2 Å². The largest absolute Gasteiger partial charge is 0.464 e.